The molecule has 0 saturated carbocycles. The van der Waals surface area contributed by atoms with Crippen LogP contribution in [0.3, 0.4) is 0 Å². The van der Waals surface area contributed by atoms with Crippen molar-refractivity contribution in [3.05, 3.63) is 124 Å². The zero-order valence-corrected chi connectivity index (χ0v) is 22.4. The predicted octanol–water partition coefficient (Wildman–Crippen LogP) is 6.30. The van der Waals surface area contributed by atoms with E-state index in [4.69, 9.17) is 0 Å². The van der Waals surface area contributed by atoms with Crippen LogP contribution in [0.1, 0.15) is 43.6 Å². The van der Waals surface area contributed by atoms with Crippen molar-refractivity contribution in [2.45, 2.75) is 31.3 Å². The van der Waals surface area contributed by atoms with Crippen LogP contribution in [0, 0.1) is 12.8 Å². The number of nitrogens with one attached hydrogen (secondary N) is 1. The third-order valence-electron chi connectivity index (χ3n) is 8.53. The standard InChI is InChI=1S/C33H26N2O3S/c1-19-13-15-21(16-14-19)30(36)28-29(31(37)26-12-7-17-39-26)35-25-11-6-3-8-22(25)20(2)18-27(35)33(28)23-9-4-5-10-24(23)34-32(33)38/h3-18,27-29H,1-2H3,(H,34,38)/t27-,28-,29-,33-/m0/s1. The Morgan fingerprint density at radius 2 is 1.62 bits per heavy atom. The number of para-hydroxylation sites is 2. The normalized spacial score (nSPS) is 24.6. The van der Waals surface area contributed by atoms with Gasteiger partial charge in [0.25, 0.3) is 0 Å². The number of carbonyl (C=O) groups is 3. The zero-order valence-electron chi connectivity index (χ0n) is 21.5. The topological polar surface area (TPSA) is 66.5 Å². The molecular weight excluding hydrogens is 504 g/mol. The van der Waals surface area contributed by atoms with Crippen molar-refractivity contribution in [3.8, 4) is 0 Å². The molecule has 1 aromatic heterocycles. The van der Waals surface area contributed by atoms with Crippen molar-refractivity contribution in [3.63, 3.8) is 0 Å². The molecule has 1 saturated heterocycles. The summed E-state index contributed by atoms with van der Waals surface area (Å²) in [5, 5.41) is 4.96. The van der Waals surface area contributed by atoms with E-state index in [-0.39, 0.29) is 17.5 Å². The van der Waals surface area contributed by atoms with E-state index in [1.54, 1.807) is 6.07 Å². The average molecular weight is 531 g/mol. The number of fused-ring (bicyclic) bond motifs is 6. The summed E-state index contributed by atoms with van der Waals surface area (Å²) < 4.78 is 0. The molecule has 4 atom stereocenters. The van der Waals surface area contributed by atoms with Gasteiger partial charge in [0.2, 0.25) is 5.91 Å². The van der Waals surface area contributed by atoms with Gasteiger partial charge in [0.15, 0.2) is 11.6 Å². The maximum absolute atomic E-state index is 14.7. The minimum absolute atomic E-state index is 0.141. The van der Waals surface area contributed by atoms with Crippen LogP contribution in [-0.4, -0.2) is 29.6 Å². The maximum Gasteiger partial charge on any atom is 0.238 e. The van der Waals surface area contributed by atoms with Crippen LogP contribution in [0.4, 0.5) is 11.4 Å². The van der Waals surface area contributed by atoms with Crippen LogP contribution in [0.15, 0.2) is 96.4 Å². The van der Waals surface area contributed by atoms with Crippen molar-refractivity contribution in [2.24, 2.45) is 5.92 Å². The number of allylic oxidation sites excluding steroid dienone is 1. The second kappa shape index (κ2) is 8.61. The highest BCUT2D eigenvalue weighted by Gasteiger charge is 2.70. The van der Waals surface area contributed by atoms with Gasteiger partial charge in [-0.3, -0.25) is 14.4 Å². The summed E-state index contributed by atoms with van der Waals surface area (Å²) in [5.74, 6) is -1.53. The number of hydrogen-bond donors (Lipinski definition) is 1. The van der Waals surface area contributed by atoms with E-state index in [9.17, 15) is 14.4 Å². The number of ketones is 2. The number of hydrogen-bond acceptors (Lipinski definition) is 5. The first-order valence-corrected chi connectivity index (χ1v) is 14.0. The number of aryl methyl sites for hydroxylation is 1. The molecule has 0 radical (unpaired) electrons. The molecule has 192 valence electrons. The predicted molar refractivity (Wildman–Crippen MR) is 155 cm³/mol. The lowest BCUT2D eigenvalue weighted by atomic mass is 9.64. The number of anilines is 2. The Labute approximate surface area is 230 Å². The maximum atomic E-state index is 14.7. The van der Waals surface area contributed by atoms with Crippen molar-refractivity contribution < 1.29 is 14.4 Å². The molecule has 39 heavy (non-hydrogen) atoms. The number of thiophene rings is 1. The average Bonchev–Trinajstić information content (AvgIpc) is 3.66. The number of amides is 1. The van der Waals surface area contributed by atoms with Gasteiger partial charge < -0.3 is 10.2 Å². The molecular formula is C33H26N2O3S. The molecule has 1 N–H and O–H groups in total. The summed E-state index contributed by atoms with van der Waals surface area (Å²) >= 11 is 1.36. The second-order valence-corrected chi connectivity index (χ2v) is 11.5. The summed E-state index contributed by atoms with van der Waals surface area (Å²) in [7, 11) is 0. The van der Waals surface area contributed by atoms with E-state index in [1.165, 1.54) is 11.3 Å². The molecule has 6 heteroatoms. The van der Waals surface area contributed by atoms with Crippen molar-refractivity contribution in [1.29, 1.82) is 0 Å². The Morgan fingerprint density at radius 1 is 0.872 bits per heavy atom. The summed E-state index contributed by atoms with van der Waals surface area (Å²) in [5.41, 5.74) is 4.60. The number of nitrogens with zero attached hydrogens (tertiary/aromatic N) is 1. The minimum atomic E-state index is -1.29. The summed E-state index contributed by atoms with van der Waals surface area (Å²) in [6.45, 7) is 4.01. The van der Waals surface area contributed by atoms with E-state index in [1.807, 2.05) is 98.1 Å². The van der Waals surface area contributed by atoms with Crippen LogP contribution in [0.25, 0.3) is 5.57 Å². The van der Waals surface area contributed by atoms with E-state index >= 15 is 0 Å². The molecule has 4 aromatic rings. The highest BCUT2D eigenvalue weighted by atomic mass is 32.1. The zero-order chi connectivity index (χ0) is 26.9. The van der Waals surface area contributed by atoms with Crippen LogP contribution in [0.2, 0.25) is 0 Å². The molecule has 1 spiro atoms. The van der Waals surface area contributed by atoms with Crippen molar-refractivity contribution >= 4 is 45.8 Å². The first kappa shape index (κ1) is 23.8. The molecule has 1 amide bonds. The van der Waals surface area contributed by atoms with Crippen LogP contribution >= 0.6 is 11.3 Å². The fourth-order valence-electron chi connectivity index (χ4n) is 6.85. The van der Waals surface area contributed by atoms with Crippen LogP contribution in [-0.2, 0) is 10.2 Å². The molecule has 3 aromatic carbocycles. The molecule has 1 fully saturated rings. The van der Waals surface area contributed by atoms with Gasteiger partial charge in [-0.2, -0.15) is 0 Å². The van der Waals surface area contributed by atoms with E-state index < -0.39 is 23.4 Å². The third kappa shape index (κ3) is 3.21. The van der Waals surface area contributed by atoms with Crippen LogP contribution < -0.4 is 10.2 Å². The third-order valence-corrected chi connectivity index (χ3v) is 9.42. The van der Waals surface area contributed by atoms with Gasteiger partial charge in [-0.05, 0) is 48.6 Å². The second-order valence-electron chi connectivity index (χ2n) is 10.6. The number of Topliss-reactive ketones (excluding diaryl/α,β-unsaturated/α-hetero) is 2. The molecule has 0 aliphatic carbocycles. The monoisotopic (exact) mass is 530 g/mol. The SMILES string of the molecule is CC1=C[C@@H]2N(c3ccccc31)[C@H](C(=O)c1cccs1)[C@@H](C(=O)c1ccc(C)cc1)[C@@]21C(=O)Nc2ccccc21. The molecule has 0 bridgehead atoms. The summed E-state index contributed by atoms with van der Waals surface area (Å²) in [4.78, 5) is 46.2. The highest BCUT2D eigenvalue weighted by Crippen LogP contribution is 2.58. The van der Waals surface area contributed by atoms with E-state index in [0.717, 1.165) is 28.0 Å². The van der Waals surface area contributed by atoms with Gasteiger partial charge in [-0.15, -0.1) is 11.3 Å². The highest BCUT2D eigenvalue weighted by molar-refractivity contribution is 7.12. The number of benzene rings is 3. The Kier molecular flexibility index (Phi) is 5.26. The lowest BCUT2D eigenvalue weighted by Crippen LogP contribution is -2.51. The summed E-state index contributed by atoms with van der Waals surface area (Å²) in [6.07, 6.45) is 2.08. The van der Waals surface area contributed by atoms with Gasteiger partial charge in [0.1, 0.15) is 11.5 Å². The van der Waals surface area contributed by atoms with Crippen molar-refractivity contribution in [1.82, 2.24) is 0 Å². The molecule has 4 heterocycles. The Morgan fingerprint density at radius 3 is 2.38 bits per heavy atom. The Balaban J connectivity index is 1.56. The van der Waals surface area contributed by atoms with Crippen LogP contribution in [0.5, 0.6) is 0 Å². The molecule has 5 nitrogen and oxygen atoms in total. The largest absolute Gasteiger partial charge is 0.352 e. The fraction of sp³-hybridized carbons (Fsp3) is 0.182. The van der Waals surface area contributed by atoms with Crippen molar-refractivity contribution in [2.75, 3.05) is 10.2 Å². The molecule has 0 unspecified atom stereocenters. The van der Waals surface area contributed by atoms with Gasteiger partial charge in [-0.25, -0.2) is 0 Å². The van der Waals surface area contributed by atoms with E-state index in [0.29, 0.717) is 16.1 Å². The van der Waals surface area contributed by atoms with Gasteiger partial charge in [-0.1, -0.05) is 78.4 Å². The minimum Gasteiger partial charge on any atom is -0.352 e. The van der Waals surface area contributed by atoms with E-state index in [2.05, 4.69) is 16.3 Å². The summed E-state index contributed by atoms with van der Waals surface area (Å²) in [6, 6.07) is 25.2. The smallest absolute Gasteiger partial charge is 0.238 e. The Bertz CT molecular complexity index is 1690. The number of carbonyl (C=O) groups excluding carboxylic acids is 3. The fourth-order valence-corrected chi connectivity index (χ4v) is 7.55. The number of rotatable bonds is 4. The van der Waals surface area contributed by atoms with Gasteiger partial charge in [0, 0.05) is 22.5 Å². The van der Waals surface area contributed by atoms with Gasteiger partial charge in [0.05, 0.1) is 16.8 Å². The lowest BCUT2D eigenvalue weighted by molar-refractivity contribution is -0.121. The quantitative estimate of drug-likeness (QED) is 0.314. The Hall–Kier alpha value is -4.29. The first-order valence-electron chi connectivity index (χ1n) is 13.1. The molecule has 3 aliphatic rings. The molecule has 7 rings (SSSR count). The lowest BCUT2D eigenvalue weighted by Gasteiger charge is -2.39. The molecule has 3 aliphatic heterocycles. The van der Waals surface area contributed by atoms with Gasteiger partial charge >= 0.3 is 0 Å². The first-order chi connectivity index (χ1) is 18.9.